The first-order valence-corrected chi connectivity index (χ1v) is 3.80. The maximum Gasteiger partial charge on any atom is 0.0534 e. The average Bonchev–Trinajstić information content (AvgIpc) is 2.47. The Labute approximate surface area is 66.0 Å². The van der Waals surface area contributed by atoms with E-state index in [9.17, 15) is 0 Å². The Morgan fingerprint density at radius 3 is 2.91 bits per heavy atom. The molecule has 0 heterocycles. The summed E-state index contributed by atoms with van der Waals surface area (Å²) >= 11 is 0. The summed E-state index contributed by atoms with van der Waals surface area (Å²) in [6.07, 6.45) is 4.11. The molecule has 0 spiro atoms. The van der Waals surface area contributed by atoms with E-state index in [1.54, 1.807) is 0 Å². The summed E-state index contributed by atoms with van der Waals surface area (Å²) < 4.78 is 0. The predicted molar refractivity (Wildman–Crippen MR) is 45.3 cm³/mol. The van der Waals surface area contributed by atoms with Gasteiger partial charge in [0.1, 0.15) is 0 Å². The van der Waals surface area contributed by atoms with E-state index in [1.807, 2.05) is 18.2 Å². The molecule has 1 nitrogen and oxygen atoms in total. The minimum Gasteiger partial charge on any atom is -0.395 e. The lowest BCUT2D eigenvalue weighted by Gasteiger charge is -2.05. The van der Waals surface area contributed by atoms with Gasteiger partial charge in [0.25, 0.3) is 0 Å². The molecule has 1 aliphatic rings. The molecule has 1 atom stereocenters. The molecule has 0 bridgehead atoms. The van der Waals surface area contributed by atoms with Crippen LogP contribution in [0.5, 0.6) is 0 Å². The van der Waals surface area contributed by atoms with Crippen LogP contribution in [0.3, 0.4) is 0 Å². The van der Waals surface area contributed by atoms with E-state index in [4.69, 9.17) is 5.11 Å². The molecule has 0 fully saturated rings. The number of hydrogen-bond acceptors (Lipinski definition) is 1. The minimum atomic E-state index is 0.216. The lowest BCUT2D eigenvalue weighted by molar-refractivity contribution is 0.284. The summed E-state index contributed by atoms with van der Waals surface area (Å²) in [5.74, 6) is 0.228. The van der Waals surface area contributed by atoms with Crippen molar-refractivity contribution in [3.05, 3.63) is 41.5 Å². The second-order valence-corrected chi connectivity index (χ2v) is 2.78. The van der Waals surface area contributed by atoms with Gasteiger partial charge < -0.3 is 5.11 Å². The molecule has 1 heteroatoms. The predicted octanol–water partition coefficient (Wildman–Crippen LogP) is 1.79. The summed E-state index contributed by atoms with van der Waals surface area (Å²) in [6.45, 7) is 0.216. The first-order valence-electron chi connectivity index (χ1n) is 3.80. The van der Waals surface area contributed by atoms with Crippen molar-refractivity contribution in [2.75, 3.05) is 6.61 Å². The van der Waals surface area contributed by atoms with Crippen LogP contribution in [0.4, 0.5) is 0 Å². The second-order valence-electron chi connectivity index (χ2n) is 2.78. The highest BCUT2D eigenvalue weighted by molar-refractivity contribution is 5.62. The summed E-state index contributed by atoms with van der Waals surface area (Å²) in [7, 11) is 0. The first-order chi connectivity index (χ1) is 5.42. The Kier molecular flexibility index (Phi) is 1.51. The van der Waals surface area contributed by atoms with E-state index in [1.165, 1.54) is 11.1 Å². The third-order valence-electron chi connectivity index (χ3n) is 2.10. The van der Waals surface area contributed by atoms with Gasteiger partial charge in [-0.25, -0.2) is 0 Å². The van der Waals surface area contributed by atoms with Crippen LogP contribution in [0.15, 0.2) is 30.3 Å². The fourth-order valence-electron chi connectivity index (χ4n) is 1.48. The summed E-state index contributed by atoms with van der Waals surface area (Å²) in [5.41, 5.74) is 2.49. The number of fused-ring (bicyclic) bond motifs is 1. The number of hydrogen-bond donors (Lipinski definition) is 1. The van der Waals surface area contributed by atoms with Crippen LogP contribution < -0.4 is 0 Å². The van der Waals surface area contributed by atoms with Gasteiger partial charge in [0.15, 0.2) is 0 Å². The van der Waals surface area contributed by atoms with Crippen LogP contribution >= 0.6 is 0 Å². The lowest BCUT2D eigenvalue weighted by atomic mass is 10.0. The molecule has 2 rings (SSSR count). The average molecular weight is 146 g/mol. The fourth-order valence-corrected chi connectivity index (χ4v) is 1.48. The zero-order chi connectivity index (χ0) is 7.68. The Bertz CT molecular complexity index is 289. The molecule has 56 valence electrons. The van der Waals surface area contributed by atoms with Crippen molar-refractivity contribution in [3.8, 4) is 0 Å². The Morgan fingerprint density at radius 1 is 1.27 bits per heavy atom. The van der Waals surface area contributed by atoms with Gasteiger partial charge in [-0.2, -0.15) is 0 Å². The molecule has 0 saturated carbocycles. The zero-order valence-electron chi connectivity index (χ0n) is 6.20. The molecule has 0 aliphatic heterocycles. The standard InChI is InChI=1S/C10H10O/c11-7-9-6-5-8-3-1-2-4-10(8)9/h1-6,9,11H,7H2/t9-/m1/s1. The van der Waals surface area contributed by atoms with Crippen molar-refractivity contribution in [1.82, 2.24) is 0 Å². The third kappa shape index (κ3) is 0.976. The minimum absolute atomic E-state index is 0.216. The van der Waals surface area contributed by atoms with E-state index < -0.39 is 0 Å². The summed E-state index contributed by atoms with van der Waals surface area (Å²) in [6, 6.07) is 8.16. The monoisotopic (exact) mass is 146 g/mol. The molecule has 1 aliphatic carbocycles. The first kappa shape index (κ1) is 6.62. The fraction of sp³-hybridized carbons (Fsp3) is 0.200. The van der Waals surface area contributed by atoms with Gasteiger partial charge in [0, 0.05) is 5.92 Å². The van der Waals surface area contributed by atoms with Gasteiger partial charge in [0.05, 0.1) is 6.61 Å². The van der Waals surface area contributed by atoms with Crippen molar-refractivity contribution >= 4 is 6.08 Å². The number of rotatable bonds is 1. The third-order valence-corrected chi connectivity index (χ3v) is 2.10. The van der Waals surface area contributed by atoms with Crippen molar-refractivity contribution in [2.24, 2.45) is 0 Å². The lowest BCUT2D eigenvalue weighted by Crippen LogP contribution is -1.97. The molecule has 1 N–H and O–H groups in total. The molecule has 0 radical (unpaired) electrons. The van der Waals surface area contributed by atoms with Crippen LogP contribution in [0.2, 0.25) is 0 Å². The van der Waals surface area contributed by atoms with Crippen LogP contribution in [-0.2, 0) is 0 Å². The second kappa shape index (κ2) is 2.51. The van der Waals surface area contributed by atoms with E-state index in [-0.39, 0.29) is 12.5 Å². The van der Waals surface area contributed by atoms with Crippen molar-refractivity contribution < 1.29 is 5.11 Å². The van der Waals surface area contributed by atoms with Gasteiger partial charge in [-0.3, -0.25) is 0 Å². The largest absolute Gasteiger partial charge is 0.395 e. The Hall–Kier alpha value is -1.08. The molecule has 0 unspecified atom stereocenters. The summed E-state index contributed by atoms with van der Waals surface area (Å²) in [5, 5.41) is 8.96. The van der Waals surface area contributed by atoms with Gasteiger partial charge in [-0.1, -0.05) is 36.4 Å². The van der Waals surface area contributed by atoms with Crippen LogP contribution in [0.25, 0.3) is 6.08 Å². The quantitative estimate of drug-likeness (QED) is 0.640. The highest BCUT2D eigenvalue weighted by Crippen LogP contribution is 2.28. The van der Waals surface area contributed by atoms with Gasteiger partial charge in [-0.15, -0.1) is 0 Å². The molecule has 1 aromatic carbocycles. The summed E-state index contributed by atoms with van der Waals surface area (Å²) in [4.78, 5) is 0. The van der Waals surface area contributed by atoms with E-state index >= 15 is 0 Å². The van der Waals surface area contributed by atoms with Gasteiger partial charge in [0.2, 0.25) is 0 Å². The molecular weight excluding hydrogens is 136 g/mol. The molecule has 0 aromatic heterocycles. The molecule has 11 heavy (non-hydrogen) atoms. The van der Waals surface area contributed by atoms with Gasteiger partial charge >= 0.3 is 0 Å². The number of aliphatic hydroxyl groups is 1. The van der Waals surface area contributed by atoms with Crippen LogP contribution in [0, 0.1) is 0 Å². The van der Waals surface area contributed by atoms with Crippen molar-refractivity contribution in [1.29, 1.82) is 0 Å². The smallest absolute Gasteiger partial charge is 0.0534 e. The zero-order valence-corrected chi connectivity index (χ0v) is 6.20. The highest BCUT2D eigenvalue weighted by Gasteiger charge is 2.14. The van der Waals surface area contributed by atoms with Gasteiger partial charge in [-0.05, 0) is 11.1 Å². The number of aliphatic hydroxyl groups excluding tert-OH is 1. The topological polar surface area (TPSA) is 20.2 Å². The van der Waals surface area contributed by atoms with E-state index in [0.717, 1.165) is 0 Å². The Morgan fingerprint density at radius 2 is 2.09 bits per heavy atom. The Balaban J connectivity index is 2.46. The number of benzene rings is 1. The molecule has 1 aromatic rings. The molecule has 0 saturated heterocycles. The van der Waals surface area contributed by atoms with Crippen molar-refractivity contribution in [3.63, 3.8) is 0 Å². The van der Waals surface area contributed by atoms with Crippen LogP contribution in [-0.4, -0.2) is 11.7 Å². The van der Waals surface area contributed by atoms with E-state index in [0.29, 0.717) is 0 Å². The molecule has 0 amide bonds. The SMILES string of the molecule is OC[C@H]1C=Cc2ccccc21. The normalized spacial score (nSPS) is 20.3. The highest BCUT2D eigenvalue weighted by atomic mass is 16.3. The maximum absolute atomic E-state index is 8.96. The van der Waals surface area contributed by atoms with Crippen molar-refractivity contribution in [2.45, 2.75) is 5.92 Å². The molecular formula is C10H10O. The van der Waals surface area contributed by atoms with Crippen LogP contribution in [0.1, 0.15) is 17.0 Å². The van der Waals surface area contributed by atoms with E-state index in [2.05, 4.69) is 18.2 Å². The maximum atomic E-state index is 8.96.